The molecule has 17 heavy (non-hydrogen) atoms. The number of thiazole rings is 1. The normalized spacial score (nSPS) is 10.4. The Morgan fingerprint density at radius 1 is 1.53 bits per heavy atom. The Hall–Kier alpha value is -1.75. The molecule has 0 aliphatic rings. The molecule has 0 aliphatic heterocycles. The predicted molar refractivity (Wildman–Crippen MR) is 66.1 cm³/mol. The molecular weight excluding hydrogens is 236 g/mol. The highest BCUT2D eigenvalue weighted by Crippen LogP contribution is 2.28. The Kier molecular flexibility index (Phi) is 3.49. The largest absolute Gasteiger partial charge is 0.481 e. The Morgan fingerprint density at radius 2 is 2.35 bits per heavy atom. The topological polar surface area (TPSA) is 63.1 Å². The number of hydrogen-bond donors (Lipinski definition) is 1. The molecule has 0 aromatic carbocycles. The second-order valence-electron chi connectivity index (χ2n) is 3.55. The molecular formula is C12H12N2O2S. The predicted octanol–water partition coefficient (Wildman–Crippen LogP) is 2.39. The van der Waals surface area contributed by atoms with E-state index in [1.165, 1.54) is 11.3 Å². The van der Waals surface area contributed by atoms with Gasteiger partial charge in [0.15, 0.2) is 0 Å². The standard InChI is InChI=1S/C12H12N2O2S/c1-2-9-10(6-11(15)16)17-12(14-9)8-4-3-5-13-7-8/h3-5,7H,2,6H2,1H3,(H,15,16). The molecule has 2 aromatic rings. The van der Waals surface area contributed by atoms with E-state index < -0.39 is 5.97 Å². The number of carbonyl (C=O) groups is 1. The summed E-state index contributed by atoms with van der Waals surface area (Å²) < 4.78 is 0. The lowest BCUT2D eigenvalue weighted by atomic mass is 10.2. The summed E-state index contributed by atoms with van der Waals surface area (Å²) in [5, 5.41) is 9.67. The maximum atomic E-state index is 10.7. The van der Waals surface area contributed by atoms with Crippen LogP contribution in [0.4, 0.5) is 0 Å². The Labute approximate surface area is 103 Å². The molecule has 0 atom stereocenters. The van der Waals surface area contributed by atoms with Gasteiger partial charge in [0, 0.05) is 22.8 Å². The van der Waals surface area contributed by atoms with Gasteiger partial charge in [0.05, 0.1) is 12.1 Å². The van der Waals surface area contributed by atoms with Crippen molar-refractivity contribution < 1.29 is 9.90 Å². The maximum absolute atomic E-state index is 10.7. The van der Waals surface area contributed by atoms with Crippen LogP contribution in [0.3, 0.4) is 0 Å². The lowest BCUT2D eigenvalue weighted by molar-refractivity contribution is -0.136. The number of carboxylic acid groups (broad SMARTS) is 1. The fraction of sp³-hybridized carbons (Fsp3) is 0.250. The van der Waals surface area contributed by atoms with Crippen molar-refractivity contribution in [3.05, 3.63) is 35.1 Å². The van der Waals surface area contributed by atoms with Crippen LogP contribution in [0.5, 0.6) is 0 Å². The summed E-state index contributed by atoms with van der Waals surface area (Å²) in [5.74, 6) is -0.818. The van der Waals surface area contributed by atoms with E-state index in [1.54, 1.807) is 12.4 Å². The lowest BCUT2D eigenvalue weighted by Crippen LogP contribution is -2.00. The third-order valence-corrected chi connectivity index (χ3v) is 3.48. The molecule has 5 heteroatoms. The minimum atomic E-state index is -0.818. The molecule has 0 spiro atoms. The first-order chi connectivity index (χ1) is 8.20. The summed E-state index contributed by atoms with van der Waals surface area (Å²) in [5.41, 5.74) is 1.81. The molecule has 2 aromatic heterocycles. The quantitative estimate of drug-likeness (QED) is 0.902. The minimum absolute atomic E-state index is 0.0428. The van der Waals surface area contributed by atoms with E-state index in [1.807, 2.05) is 19.1 Å². The summed E-state index contributed by atoms with van der Waals surface area (Å²) in [6.07, 6.45) is 4.24. The SMILES string of the molecule is CCc1nc(-c2cccnc2)sc1CC(=O)O. The Bertz CT molecular complexity index is 523. The molecule has 0 amide bonds. The van der Waals surface area contributed by atoms with Gasteiger partial charge in [0.1, 0.15) is 5.01 Å². The summed E-state index contributed by atoms with van der Waals surface area (Å²) in [7, 11) is 0. The number of aromatic nitrogens is 2. The zero-order chi connectivity index (χ0) is 12.3. The van der Waals surface area contributed by atoms with Crippen molar-refractivity contribution >= 4 is 17.3 Å². The van der Waals surface area contributed by atoms with Gasteiger partial charge < -0.3 is 5.11 Å². The van der Waals surface area contributed by atoms with Crippen molar-refractivity contribution in [1.82, 2.24) is 9.97 Å². The lowest BCUT2D eigenvalue weighted by Gasteiger charge is -1.93. The molecule has 1 N–H and O–H groups in total. The first-order valence-corrected chi connectivity index (χ1v) is 6.13. The number of rotatable bonds is 4. The van der Waals surface area contributed by atoms with E-state index in [4.69, 9.17) is 5.11 Å². The van der Waals surface area contributed by atoms with Crippen molar-refractivity contribution in [2.45, 2.75) is 19.8 Å². The van der Waals surface area contributed by atoms with Crippen LogP contribution in [0, 0.1) is 0 Å². The number of carboxylic acids is 1. The highest BCUT2D eigenvalue weighted by atomic mass is 32.1. The monoisotopic (exact) mass is 248 g/mol. The van der Waals surface area contributed by atoms with E-state index in [-0.39, 0.29) is 6.42 Å². The van der Waals surface area contributed by atoms with Gasteiger partial charge >= 0.3 is 5.97 Å². The van der Waals surface area contributed by atoms with Crippen LogP contribution in [-0.2, 0) is 17.6 Å². The van der Waals surface area contributed by atoms with Gasteiger partial charge in [-0.2, -0.15) is 0 Å². The molecule has 2 rings (SSSR count). The molecule has 0 saturated heterocycles. The third-order valence-electron chi connectivity index (χ3n) is 2.33. The van der Waals surface area contributed by atoms with Gasteiger partial charge in [-0.15, -0.1) is 11.3 Å². The van der Waals surface area contributed by atoms with E-state index in [2.05, 4.69) is 9.97 Å². The number of hydrogen-bond acceptors (Lipinski definition) is 4. The van der Waals surface area contributed by atoms with Crippen LogP contribution in [-0.4, -0.2) is 21.0 Å². The first kappa shape index (κ1) is 11.7. The third kappa shape index (κ3) is 2.68. The van der Waals surface area contributed by atoms with Crippen LogP contribution < -0.4 is 0 Å². The van der Waals surface area contributed by atoms with Crippen LogP contribution in [0.1, 0.15) is 17.5 Å². The number of aryl methyl sites for hydroxylation is 1. The molecule has 2 heterocycles. The smallest absolute Gasteiger partial charge is 0.308 e. The number of aliphatic carboxylic acids is 1. The number of nitrogens with zero attached hydrogens (tertiary/aromatic N) is 2. The second-order valence-corrected chi connectivity index (χ2v) is 4.64. The maximum Gasteiger partial charge on any atom is 0.308 e. The van der Waals surface area contributed by atoms with Gasteiger partial charge in [0.2, 0.25) is 0 Å². The van der Waals surface area contributed by atoms with Crippen molar-refractivity contribution in [3.8, 4) is 10.6 Å². The fourth-order valence-electron chi connectivity index (χ4n) is 1.55. The number of pyridine rings is 1. The molecule has 88 valence electrons. The molecule has 0 unspecified atom stereocenters. The van der Waals surface area contributed by atoms with Crippen molar-refractivity contribution in [2.24, 2.45) is 0 Å². The zero-order valence-electron chi connectivity index (χ0n) is 9.38. The second kappa shape index (κ2) is 5.05. The van der Waals surface area contributed by atoms with Crippen LogP contribution in [0.25, 0.3) is 10.6 Å². The highest BCUT2D eigenvalue weighted by Gasteiger charge is 2.13. The molecule has 0 aliphatic carbocycles. The van der Waals surface area contributed by atoms with Crippen molar-refractivity contribution in [2.75, 3.05) is 0 Å². The summed E-state index contributed by atoms with van der Waals surface area (Å²) in [6, 6.07) is 3.77. The minimum Gasteiger partial charge on any atom is -0.481 e. The van der Waals surface area contributed by atoms with Crippen LogP contribution >= 0.6 is 11.3 Å². The molecule has 0 saturated carbocycles. The van der Waals surface area contributed by atoms with Gasteiger partial charge in [0.25, 0.3) is 0 Å². The van der Waals surface area contributed by atoms with Crippen LogP contribution in [0.15, 0.2) is 24.5 Å². The van der Waals surface area contributed by atoms with E-state index in [0.717, 1.165) is 27.6 Å². The van der Waals surface area contributed by atoms with E-state index >= 15 is 0 Å². The van der Waals surface area contributed by atoms with Gasteiger partial charge in [-0.05, 0) is 18.6 Å². The average molecular weight is 248 g/mol. The average Bonchev–Trinajstić information content (AvgIpc) is 2.72. The Morgan fingerprint density at radius 3 is 2.94 bits per heavy atom. The Balaban J connectivity index is 2.37. The summed E-state index contributed by atoms with van der Waals surface area (Å²) >= 11 is 1.43. The summed E-state index contributed by atoms with van der Waals surface area (Å²) in [4.78, 5) is 20.1. The molecule has 0 bridgehead atoms. The van der Waals surface area contributed by atoms with Gasteiger partial charge in [-0.3, -0.25) is 9.78 Å². The van der Waals surface area contributed by atoms with E-state index in [0.29, 0.717) is 0 Å². The summed E-state index contributed by atoms with van der Waals surface area (Å²) in [6.45, 7) is 1.98. The van der Waals surface area contributed by atoms with E-state index in [9.17, 15) is 4.79 Å². The van der Waals surface area contributed by atoms with Crippen molar-refractivity contribution in [3.63, 3.8) is 0 Å². The van der Waals surface area contributed by atoms with Gasteiger partial charge in [-0.25, -0.2) is 4.98 Å². The zero-order valence-corrected chi connectivity index (χ0v) is 10.2. The van der Waals surface area contributed by atoms with Gasteiger partial charge in [-0.1, -0.05) is 6.92 Å². The highest BCUT2D eigenvalue weighted by molar-refractivity contribution is 7.15. The van der Waals surface area contributed by atoms with Crippen LogP contribution in [0.2, 0.25) is 0 Å². The molecule has 0 fully saturated rings. The molecule has 4 nitrogen and oxygen atoms in total. The fourth-order valence-corrected chi connectivity index (χ4v) is 2.68. The molecule has 0 radical (unpaired) electrons. The van der Waals surface area contributed by atoms with Crippen molar-refractivity contribution in [1.29, 1.82) is 0 Å². The first-order valence-electron chi connectivity index (χ1n) is 5.31.